The molecule has 62 valence electrons. The number of carbonyl (C=O) groups excluding carboxylic acids is 1. The van der Waals surface area contributed by atoms with Gasteiger partial charge >= 0.3 is 5.97 Å². The molecule has 2 atom stereocenters. The van der Waals surface area contributed by atoms with Crippen molar-refractivity contribution in [1.29, 1.82) is 0 Å². The molecular formula is C8H12O3. The predicted octanol–water partition coefficient (Wildman–Crippen LogP) is 0.486. The normalized spacial score (nSPS) is 35.7. The monoisotopic (exact) mass is 156 g/mol. The van der Waals surface area contributed by atoms with E-state index >= 15 is 0 Å². The van der Waals surface area contributed by atoms with Crippen molar-refractivity contribution in [3.63, 3.8) is 0 Å². The highest BCUT2D eigenvalue weighted by molar-refractivity contribution is 5.78. The van der Waals surface area contributed by atoms with E-state index in [1.165, 1.54) is 7.11 Å². The van der Waals surface area contributed by atoms with Gasteiger partial charge in [0.05, 0.1) is 18.6 Å². The number of ether oxygens (including phenoxy) is 1. The Labute approximate surface area is 65.7 Å². The summed E-state index contributed by atoms with van der Waals surface area (Å²) in [4.78, 5) is 11.1. The molecule has 0 aromatic heterocycles. The topological polar surface area (TPSA) is 46.5 Å². The summed E-state index contributed by atoms with van der Waals surface area (Å²) in [5.41, 5.74) is -0.755. The van der Waals surface area contributed by atoms with Crippen molar-refractivity contribution in [3.05, 3.63) is 12.2 Å². The molecule has 1 rings (SSSR count). The van der Waals surface area contributed by atoms with Gasteiger partial charge in [0.25, 0.3) is 0 Å². The van der Waals surface area contributed by atoms with E-state index in [9.17, 15) is 9.90 Å². The Bertz CT molecular complexity index is 198. The fraction of sp³-hybridized carbons (Fsp3) is 0.625. The highest BCUT2D eigenvalue weighted by Crippen LogP contribution is 2.33. The highest BCUT2D eigenvalue weighted by Gasteiger charge is 2.42. The lowest BCUT2D eigenvalue weighted by atomic mass is 9.86. The van der Waals surface area contributed by atoms with E-state index in [4.69, 9.17) is 0 Å². The maximum Gasteiger partial charge on any atom is 0.314 e. The van der Waals surface area contributed by atoms with Crippen molar-refractivity contribution >= 4 is 5.97 Å². The Kier molecular flexibility index (Phi) is 2.00. The summed E-state index contributed by atoms with van der Waals surface area (Å²) >= 11 is 0. The van der Waals surface area contributed by atoms with Gasteiger partial charge in [0.15, 0.2) is 0 Å². The molecule has 0 aliphatic heterocycles. The van der Waals surface area contributed by atoms with E-state index in [-0.39, 0.29) is 5.97 Å². The number of rotatable bonds is 1. The van der Waals surface area contributed by atoms with Crippen LogP contribution in [0.4, 0.5) is 0 Å². The van der Waals surface area contributed by atoms with Crippen molar-refractivity contribution in [2.45, 2.75) is 19.4 Å². The maximum absolute atomic E-state index is 11.1. The quantitative estimate of drug-likeness (QED) is 0.444. The van der Waals surface area contributed by atoms with Crippen molar-refractivity contribution in [3.8, 4) is 0 Å². The van der Waals surface area contributed by atoms with Crippen LogP contribution in [0.3, 0.4) is 0 Å². The summed E-state index contributed by atoms with van der Waals surface area (Å²) in [6.45, 7) is 1.70. The van der Waals surface area contributed by atoms with Gasteiger partial charge in [0, 0.05) is 0 Å². The lowest BCUT2D eigenvalue weighted by molar-refractivity contribution is -0.155. The minimum atomic E-state index is -0.755. The third-order valence-corrected chi connectivity index (χ3v) is 2.16. The van der Waals surface area contributed by atoms with Crippen LogP contribution in [0, 0.1) is 5.41 Å². The second-order valence-electron chi connectivity index (χ2n) is 2.99. The van der Waals surface area contributed by atoms with Crippen LogP contribution in [0.1, 0.15) is 13.3 Å². The Balaban J connectivity index is 2.76. The Morgan fingerprint density at radius 2 is 2.45 bits per heavy atom. The molecule has 0 aromatic rings. The molecule has 0 saturated heterocycles. The summed E-state index contributed by atoms with van der Waals surface area (Å²) in [7, 11) is 1.33. The van der Waals surface area contributed by atoms with Crippen molar-refractivity contribution in [2.75, 3.05) is 7.11 Å². The number of carbonyl (C=O) groups is 1. The average molecular weight is 156 g/mol. The standard InChI is InChI=1S/C8H12O3/c1-8(7(10)11-2)5-3-4-6(8)9/h3-4,6,9H,5H2,1-2H3. The molecule has 2 unspecified atom stereocenters. The number of allylic oxidation sites excluding steroid dienone is 1. The van der Waals surface area contributed by atoms with E-state index in [2.05, 4.69) is 4.74 Å². The first-order valence-electron chi connectivity index (χ1n) is 3.54. The minimum absolute atomic E-state index is 0.352. The molecule has 1 N–H and O–H groups in total. The fourth-order valence-corrected chi connectivity index (χ4v) is 1.21. The molecule has 0 fully saturated rings. The van der Waals surface area contributed by atoms with Crippen molar-refractivity contribution in [2.24, 2.45) is 5.41 Å². The molecule has 1 aliphatic rings. The highest BCUT2D eigenvalue weighted by atomic mass is 16.5. The average Bonchev–Trinajstić information content (AvgIpc) is 2.32. The molecule has 0 bridgehead atoms. The van der Waals surface area contributed by atoms with Gasteiger partial charge in [-0.15, -0.1) is 0 Å². The van der Waals surface area contributed by atoms with Crippen LogP contribution in [0.5, 0.6) is 0 Å². The SMILES string of the molecule is COC(=O)C1(C)CC=CC1O. The van der Waals surface area contributed by atoms with Crippen LogP contribution in [-0.4, -0.2) is 24.3 Å². The minimum Gasteiger partial charge on any atom is -0.469 e. The third kappa shape index (κ3) is 1.16. The fourth-order valence-electron chi connectivity index (χ4n) is 1.21. The van der Waals surface area contributed by atoms with Gasteiger partial charge in [-0.1, -0.05) is 12.2 Å². The Morgan fingerprint density at radius 3 is 2.82 bits per heavy atom. The molecular weight excluding hydrogens is 144 g/mol. The summed E-state index contributed by atoms with van der Waals surface area (Å²) in [6, 6.07) is 0. The van der Waals surface area contributed by atoms with Crippen LogP contribution < -0.4 is 0 Å². The van der Waals surface area contributed by atoms with Crippen LogP contribution >= 0.6 is 0 Å². The van der Waals surface area contributed by atoms with Crippen LogP contribution in [-0.2, 0) is 9.53 Å². The first-order valence-corrected chi connectivity index (χ1v) is 3.54. The van der Waals surface area contributed by atoms with Gasteiger partial charge in [-0.3, -0.25) is 4.79 Å². The van der Waals surface area contributed by atoms with E-state index in [1.807, 2.05) is 0 Å². The molecule has 0 heterocycles. The molecule has 3 nitrogen and oxygen atoms in total. The van der Waals surface area contributed by atoms with E-state index in [0.717, 1.165) is 0 Å². The van der Waals surface area contributed by atoms with Crippen LogP contribution in [0.25, 0.3) is 0 Å². The Morgan fingerprint density at radius 1 is 1.82 bits per heavy atom. The number of esters is 1. The third-order valence-electron chi connectivity index (χ3n) is 2.16. The molecule has 3 heteroatoms. The first-order chi connectivity index (χ1) is 5.11. The zero-order valence-corrected chi connectivity index (χ0v) is 6.70. The van der Waals surface area contributed by atoms with Crippen LogP contribution in [0.2, 0.25) is 0 Å². The van der Waals surface area contributed by atoms with Crippen LogP contribution in [0.15, 0.2) is 12.2 Å². The van der Waals surface area contributed by atoms with E-state index in [1.54, 1.807) is 19.1 Å². The summed E-state index contributed by atoms with van der Waals surface area (Å²) < 4.78 is 4.57. The molecule has 1 aliphatic carbocycles. The van der Waals surface area contributed by atoms with E-state index < -0.39 is 11.5 Å². The molecule has 0 aromatic carbocycles. The molecule has 0 saturated carbocycles. The molecule has 11 heavy (non-hydrogen) atoms. The molecule has 0 radical (unpaired) electrons. The number of methoxy groups -OCH3 is 1. The largest absolute Gasteiger partial charge is 0.469 e. The number of aliphatic hydroxyl groups excluding tert-OH is 1. The van der Waals surface area contributed by atoms with Gasteiger partial charge in [0.1, 0.15) is 0 Å². The lowest BCUT2D eigenvalue weighted by Gasteiger charge is -2.24. The van der Waals surface area contributed by atoms with Crippen molar-refractivity contribution < 1.29 is 14.6 Å². The zero-order valence-electron chi connectivity index (χ0n) is 6.70. The van der Waals surface area contributed by atoms with Gasteiger partial charge in [-0.25, -0.2) is 0 Å². The summed E-state index contributed by atoms with van der Waals surface area (Å²) in [5, 5.41) is 9.36. The lowest BCUT2D eigenvalue weighted by Crippen LogP contribution is -2.36. The number of hydrogen-bond acceptors (Lipinski definition) is 3. The number of hydrogen-bond donors (Lipinski definition) is 1. The first kappa shape index (κ1) is 8.27. The maximum atomic E-state index is 11.1. The van der Waals surface area contributed by atoms with E-state index in [0.29, 0.717) is 6.42 Å². The number of aliphatic hydroxyl groups is 1. The van der Waals surface area contributed by atoms with Gasteiger partial charge in [-0.2, -0.15) is 0 Å². The molecule has 0 spiro atoms. The molecule has 0 amide bonds. The summed E-state index contributed by atoms with van der Waals surface area (Å²) in [5.74, 6) is -0.352. The second kappa shape index (κ2) is 2.66. The van der Waals surface area contributed by atoms with Crippen molar-refractivity contribution in [1.82, 2.24) is 0 Å². The summed E-state index contributed by atoms with van der Waals surface area (Å²) in [6.07, 6.45) is 3.27. The Hall–Kier alpha value is -0.830. The zero-order chi connectivity index (χ0) is 8.48. The second-order valence-corrected chi connectivity index (χ2v) is 2.99. The van der Waals surface area contributed by atoms with Gasteiger partial charge < -0.3 is 9.84 Å². The van der Waals surface area contributed by atoms with Gasteiger partial charge in [-0.05, 0) is 13.3 Å². The predicted molar refractivity (Wildman–Crippen MR) is 39.9 cm³/mol. The van der Waals surface area contributed by atoms with Gasteiger partial charge in [0.2, 0.25) is 0 Å². The smallest absolute Gasteiger partial charge is 0.314 e.